The summed E-state index contributed by atoms with van der Waals surface area (Å²) in [5.74, 6) is -1.03. The molecule has 1 atom stereocenters. The minimum atomic E-state index is -0.944. The lowest BCUT2D eigenvalue weighted by molar-refractivity contribution is -0.137. The second kappa shape index (κ2) is 13.8. The highest BCUT2D eigenvalue weighted by Crippen LogP contribution is 2.28. The molecule has 0 aliphatic carbocycles. The van der Waals surface area contributed by atoms with E-state index in [4.69, 9.17) is 9.84 Å². The number of carbonyl (C=O) groups excluding carboxylic acids is 3. The van der Waals surface area contributed by atoms with Crippen molar-refractivity contribution < 1.29 is 29.0 Å². The Bertz CT molecular complexity index is 1370. The van der Waals surface area contributed by atoms with Crippen LogP contribution >= 0.6 is 0 Å². The average molecular weight is 547 g/mol. The molecule has 0 spiro atoms. The number of rotatable bonds is 11. The van der Waals surface area contributed by atoms with Crippen molar-refractivity contribution in [3.05, 3.63) is 83.4 Å². The molecule has 0 saturated heterocycles. The van der Waals surface area contributed by atoms with Gasteiger partial charge in [-0.25, -0.2) is 4.79 Å². The summed E-state index contributed by atoms with van der Waals surface area (Å²) in [6, 6.07) is 18.8. The molecular weight excluding hydrogens is 512 g/mol. The lowest BCUT2D eigenvalue weighted by Crippen LogP contribution is -2.31. The van der Waals surface area contributed by atoms with Crippen LogP contribution in [0.5, 0.6) is 5.75 Å². The van der Waals surface area contributed by atoms with E-state index in [-0.39, 0.29) is 37.1 Å². The van der Waals surface area contributed by atoms with E-state index in [0.29, 0.717) is 22.7 Å². The molecule has 0 radical (unpaired) electrons. The predicted molar refractivity (Wildman–Crippen MR) is 154 cm³/mol. The first kappa shape index (κ1) is 29.7. The van der Waals surface area contributed by atoms with Gasteiger partial charge in [-0.05, 0) is 60.4 Å². The van der Waals surface area contributed by atoms with Crippen LogP contribution in [0.1, 0.15) is 42.5 Å². The minimum absolute atomic E-state index is 0.0720. The van der Waals surface area contributed by atoms with Gasteiger partial charge in [0.15, 0.2) is 0 Å². The van der Waals surface area contributed by atoms with Gasteiger partial charge in [0.1, 0.15) is 5.75 Å². The number of anilines is 3. The van der Waals surface area contributed by atoms with Gasteiger partial charge in [-0.3, -0.25) is 19.3 Å². The monoisotopic (exact) mass is 546 g/mol. The zero-order valence-corrected chi connectivity index (χ0v) is 23.0. The molecule has 3 aromatic rings. The van der Waals surface area contributed by atoms with Crippen LogP contribution in [0.15, 0.2) is 66.7 Å². The maximum Gasteiger partial charge on any atom is 0.326 e. The first-order valence-corrected chi connectivity index (χ1v) is 12.7. The number of amides is 4. The van der Waals surface area contributed by atoms with Gasteiger partial charge in [0, 0.05) is 31.8 Å². The summed E-state index contributed by atoms with van der Waals surface area (Å²) in [6.45, 7) is 3.31. The van der Waals surface area contributed by atoms with E-state index in [9.17, 15) is 19.2 Å². The van der Waals surface area contributed by atoms with Crippen LogP contribution in [-0.2, 0) is 20.8 Å². The number of ether oxygens (including phenoxy) is 1. The molecule has 4 amide bonds. The third kappa shape index (κ3) is 8.32. The fraction of sp³-hybridized carbons (Fsp3) is 0.267. The number of carboxylic acids is 1. The van der Waals surface area contributed by atoms with E-state index in [2.05, 4.69) is 16.0 Å². The third-order valence-corrected chi connectivity index (χ3v) is 6.27. The van der Waals surface area contributed by atoms with Crippen molar-refractivity contribution in [2.24, 2.45) is 0 Å². The molecule has 10 heteroatoms. The summed E-state index contributed by atoms with van der Waals surface area (Å²) in [6.07, 6.45) is 0.239. The smallest absolute Gasteiger partial charge is 0.326 e. The number of aryl methyl sites for hydroxylation is 1. The molecule has 0 heterocycles. The Labute approximate surface area is 233 Å². The number of nitrogens with zero attached hydrogens (tertiary/aromatic N) is 1. The maximum atomic E-state index is 12.8. The predicted octanol–water partition coefficient (Wildman–Crippen LogP) is 4.90. The van der Waals surface area contributed by atoms with Crippen molar-refractivity contribution >= 4 is 40.9 Å². The Morgan fingerprint density at radius 1 is 0.975 bits per heavy atom. The quantitative estimate of drug-likeness (QED) is 0.270. The van der Waals surface area contributed by atoms with Crippen LogP contribution < -0.4 is 25.6 Å². The molecule has 0 saturated carbocycles. The number of methoxy groups -OCH3 is 1. The molecule has 0 aliphatic heterocycles. The lowest BCUT2D eigenvalue weighted by Gasteiger charge is -2.21. The summed E-state index contributed by atoms with van der Waals surface area (Å²) in [5.41, 5.74) is 4.22. The average Bonchev–Trinajstić information content (AvgIpc) is 2.91. The van der Waals surface area contributed by atoms with Crippen LogP contribution in [0.4, 0.5) is 21.9 Å². The van der Waals surface area contributed by atoms with Crippen LogP contribution in [-0.4, -0.2) is 43.1 Å². The Morgan fingerprint density at radius 2 is 1.68 bits per heavy atom. The van der Waals surface area contributed by atoms with Gasteiger partial charge in [0.05, 0.1) is 25.3 Å². The van der Waals surface area contributed by atoms with Gasteiger partial charge in [-0.2, -0.15) is 0 Å². The number of hydrogen-bond donors (Lipinski definition) is 4. The fourth-order valence-corrected chi connectivity index (χ4v) is 4.22. The number of aliphatic carboxylic acids is 1. The number of para-hydroxylation sites is 1. The zero-order valence-electron chi connectivity index (χ0n) is 23.0. The van der Waals surface area contributed by atoms with Crippen LogP contribution in [0, 0.1) is 6.92 Å². The summed E-state index contributed by atoms with van der Waals surface area (Å²) in [5, 5.41) is 17.4. The molecule has 0 aliphatic rings. The molecule has 0 aromatic heterocycles. The normalized spacial score (nSPS) is 11.2. The highest BCUT2D eigenvalue weighted by molar-refractivity contribution is 6.02. The Hall–Kier alpha value is -4.86. The minimum Gasteiger partial charge on any atom is -0.495 e. The van der Waals surface area contributed by atoms with E-state index in [1.54, 1.807) is 49.5 Å². The molecule has 3 aromatic carbocycles. The van der Waals surface area contributed by atoms with E-state index in [1.807, 2.05) is 31.2 Å². The first-order chi connectivity index (χ1) is 19.1. The third-order valence-electron chi connectivity index (χ3n) is 6.27. The SMILES string of the molecule is COc1cc(CC(=O)Nc2ccc(C(CCC(=O)O)NC(C)=O)cc2)ccc1NC(=O)N(C)c1ccccc1C. The van der Waals surface area contributed by atoms with Gasteiger partial charge in [0.2, 0.25) is 11.8 Å². The Morgan fingerprint density at radius 3 is 2.30 bits per heavy atom. The summed E-state index contributed by atoms with van der Waals surface area (Å²) in [4.78, 5) is 49.6. The molecule has 0 bridgehead atoms. The number of hydrogen-bond acceptors (Lipinski definition) is 5. The summed E-state index contributed by atoms with van der Waals surface area (Å²) in [7, 11) is 3.18. The van der Waals surface area contributed by atoms with Crippen molar-refractivity contribution in [3.8, 4) is 5.75 Å². The molecule has 10 nitrogen and oxygen atoms in total. The van der Waals surface area contributed by atoms with Crippen molar-refractivity contribution in [1.82, 2.24) is 5.32 Å². The number of benzene rings is 3. The van der Waals surface area contributed by atoms with Crippen molar-refractivity contribution in [1.29, 1.82) is 0 Å². The standard InChI is InChI=1S/C30H34N4O6/c1-19-7-5-6-8-26(19)34(3)30(39)33-25-14-9-21(17-27(25)40-4)18-28(36)32-23-12-10-22(11-13-23)24(31-20(2)35)15-16-29(37)38/h5-14,17,24H,15-16,18H2,1-4H3,(H,31,35)(H,32,36)(H,33,39)(H,37,38). The topological polar surface area (TPSA) is 137 Å². The van der Waals surface area contributed by atoms with Gasteiger partial charge < -0.3 is 25.8 Å². The van der Waals surface area contributed by atoms with Crippen LogP contribution in [0.25, 0.3) is 0 Å². The van der Waals surface area contributed by atoms with Crippen molar-refractivity contribution in [2.75, 3.05) is 29.7 Å². The second-order valence-corrected chi connectivity index (χ2v) is 9.34. The molecule has 40 heavy (non-hydrogen) atoms. The van der Waals surface area contributed by atoms with Crippen LogP contribution in [0.2, 0.25) is 0 Å². The fourth-order valence-electron chi connectivity index (χ4n) is 4.22. The van der Waals surface area contributed by atoms with E-state index in [0.717, 1.165) is 16.8 Å². The molecule has 210 valence electrons. The second-order valence-electron chi connectivity index (χ2n) is 9.34. The number of nitrogens with one attached hydrogen (secondary N) is 3. The highest BCUT2D eigenvalue weighted by atomic mass is 16.5. The van der Waals surface area contributed by atoms with E-state index in [1.165, 1.54) is 18.9 Å². The number of urea groups is 1. The molecule has 3 rings (SSSR count). The van der Waals surface area contributed by atoms with Gasteiger partial charge in [-0.15, -0.1) is 0 Å². The number of carbonyl (C=O) groups is 4. The van der Waals surface area contributed by atoms with Crippen LogP contribution in [0.3, 0.4) is 0 Å². The Kier molecular flexibility index (Phi) is 10.2. The Balaban J connectivity index is 1.63. The van der Waals surface area contributed by atoms with Crippen molar-refractivity contribution in [3.63, 3.8) is 0 Å². The van der Waals surface area contributed by atoms with Crippen molar-refractivity contribution in [2.45, 2.75) is 39.2 Å². The first-order valence-electron chi connectivity index (χ1n) is 12.7. The zero-order chi connectivity index (χ0) is 29.2. The molecule has 4 N–H and O–H groups in total. The van der Waals surface area contributed by atoms with Gasteiger partial charge in [-0.1, -0.05) is 36.4 Å². The maximum absolute atomic E-state index is 12.8. The lowest BCUT2D eigenvalue weighted by atomic mass is 10.0. The van der Waals surface area contributed by atoms with E-state index < -0.39 is 12.0 Å². The highest BCUT2D eigenvalue weighted by Gasteiger charge is 2.17. The number of carboxylic acid groups (broad SMARTS) is 1. The van der Waals surface area contributed by atoms with E-state index >= 15 is 0 Å². The molecule has 0 fully saturated rings. The van der Waals surface area contributed by atoms with Gasteiger partial charge >= 0.3 is 12.0 Å². The molecular formula is C30H34N4O6. The van der Waals surface area contributed by atoms with Gasteiger partial charge in [0.25, 0.3) is 0 Å². The summed E-state index contributed by atoms with van der Waals surface area (Å²) < 4.78 is 5.46. The largest absolute Gasteiger partial charge is 0.495 e. The molecule has 1 unspecified atom stereocenters. The summed E-state index contributed by atoms with van der Waals surface area (Å²) >= 11 is 0.